The molecule has 0 saturated heterocycles. The van der Waals surface area contributed by atoms with Crippen molar-refractivity contribution in [3.8, 4) is 0 Å². The highest BCUT2D eigenvalue weighted by Crippen LogP contribution is 2.07. The van der Waals surface area contributed by atoms with E-state index in [-0.39, 0.29) is 12.0 Å². The van der Waals surface area contributed by atoms with Crippen LogP contribution in [0.3, 0.4) is 0 Å². The van der Waals surface area contributed by atoms with E-state index in [4.69, 9.17) is 14.9 Å². The van der Waals surface area contributed by atoms with Gasteiger partial charge in [-0.3, -0.25) is 0 Å². The molecule has 0 aliphatic heterocycles. The number of methoxy groups -OCH3 is 1. The Morgan fingerprint density at radius 3 is 2.36 bits per heavy atom. The summed E-state index contributed by atoms with van der Waals surface area (Å²) in [5.74, 6) is -2.40. The van der Waals surface area contributed by atoms with Gasteiger partial charge >= 0.3 is 11.9 Å². The number of unbranched alkanes of at least 4 members (excludes halogenated alkanes) is 1. The van der Waals surface area contributed by atoms with Gasteiger partial charge in [0.05, 0.1) is 0 Å². The second-order valence-corrected chi connectivity index (χ2v) is 2.76. The Balaban J connectivity index is 3.99. The maximum Gasteiger partial charge on any atom is 0.331 e. The van der Waals surface area contributed by atoms with Crippen LogP contribution < -0.4 is 0 Å². The van der Waals surface area contributed by atoms with E-state index in [1.807, 2.05) is 0 Å². The predicted octanol–water partition coefficient (Wildman–Crippen LogP) is 0.899. The van der Waals surface area contributed by atoms with E-state index in [1.54, 1.807) is 7.11 Å². The molecule has 0 amide bonds. The fourth-order valence-electron chi connectivity index (χ4n) is 0.952. The molecular formula is C9H14O5. The zero-order valence-corrected chi connectivity index (χ0v) is 8.02. The molecule has 0 fully saturated rings. The standard InChI is InChI=1S/C9H14O5/c1-14-5-3-2-4-7(9(12)13)6-8(10)11/h6H,2-5H2,1H3,(H,10,11)(H,12,13)/b7-6-. The molecule has 2 N–H and O–H groups in total. The minimum Gasteiger partial charge on any atom is -0.478 e. The van der Waals surface area contributed by atoms with Crippen LogP contribution in [-0.2, 0) is 14.3 Å². The zero-order chi connectivity index (χ0) is 11.0. The molecule has 0 aliphatic carbocycles. The number of aliphatic carboxylic acids is 2. The number of hydrogen-bond acceptors (Lipinski definition) is 3. The van der Waals surface area contributed by atoms with Crippen molar-refractivity contribution in [1.29, 1.82) is 0 Å². The molecule has 0 radical (unpaired) electrons. The molecule has 0 bridgehead atoms. The molecule has 14 heavy (non-hydrogen) atoms. The van der Waals surface area contributed by atoms with Crippen LogP contribution in [0.4, 0.5) is 0 Å². The van der Waals surface area contributed by atoms with Gasteiger partial charge in [0.1, 0.15) is 0 Å². The van der Waals surface area contributed by atoms with E-state index in [2.05, 4.69) is 0 Å². The lowest BCUT2D eigenvalue weighted by molar-refractivity contribution is -0.135. The molecule has 80 valence electrons. The van der Waals surface area contributed by atoms with Gasteiger partial charge in [0, 0.05) is 25.4 Å². The Hall–Kier alpha value is -1.36. The lowest BCUT2D eigenvalue weighted by Gasteiger charge is -2.00. The van der Waals surface area contributed by atoms with Crippen LogP contribution in [0.1, 0.15) is 19.3 Å². The summed E-state index contributed by atoms with van der Waals surface area (Å²) in [6.45, 7) is 0.556. The largest absolute Gasteiger partial charge is 0.478 e. The van der Waals surface area contributed by atoms with Gasteiger partial charge < -0.3 is 14.9 Å². The van der Waals surface area contributed by atoms with Crippen LogP contribution in [-0.4, -0.2) is 35.9 Å². The van der Waals surface area contributed by atoms with Crippen LogP contribution >= 0.6 is 0 Å². The molecule has 0 atom stereocenters. The number of carbonyl (C=O) groups is 2. The van der Waals surface area contributed by atoms with Crippen LogP contribution in [0, 0.1) is 0 Å². The highest BCUT2D eigenvalue weighted by molar-refractivity contribution is 5.94. The Morgan fingerprint density at radius 1 is 1.29 bits per heavy atom. The van der Waals surface area contributed by atoms with Gasteiger partial charge in [-0.15, -0.1) is 0 Å². The fraction of sp³-hybridized carbons (Fsp3) is 0.556. The summed E-state index contributed by atoms with van der Waals surface area (Å²) in [6.07, 6.45) is 2.32. The van der Waals surface area contributed by atoms with Crippen LogP contribution in [0.5, 0.6) is 0 Å². The van der Waals surface area contributed by atoms with Crippen molar-refractivity contribution in [2.45, 2.75) is 19.3 Å². The zero-order valence-electron chi connectivity index (χ0n) is 8.02. The van der Waals surface area contributed by atoms with E-state index in [0.29, 0.717) is 13.0 Å². The van der Waals surface area contributed by atoms with Gasteiger partial charge in [-0.2, -0.15) is 0 Å². The average Bonchev–Trinajstić information content (AvgIpc) is 2.09. The first-order valence-corrected chi connectivity index (χ1v) is 4.23. The normalized spacial score (nSPS) is 11.4. The van der Waals surface area contributed by atoms with Gasteiger partial charge in [-0.25, -0.2) is 9.59 Å². The van der Waals surface area contributed by atoms with E-state index >= 15 is 0 Å². The Labute approximate surface area is 82.0 Å². The van der Waals surface area contributed by atoms with Crippen molar-refractivity contribution in [2.75, 3.05) is 13.7 Å². The molecule has 0 saturated carbocycles. The molecule has 0 spiro atoms. The summed E-state index contributed by atoms with van der Waals surface area (Å²) < 4.78 is 4.78. The topological polar surface area (TPSA) is 83.8 Å². The van der Waals surface area contributed by atoms with Crippen molar-refractivity contribution in [3.05, 3.63) is 11.6 Å². The third-order valence-electron chi connectivity index (χ3n) is 1.62. The molecule has 0 aromatic heterocycles. The molecule has 0 aliphatic rings. The Bertz CT molecular complexity index is 231. The first-order valence-electron chi connectivity index (χ1n) is 4.23. The second-order valence-electron chi connectivity index (χ2n) is 2.76. The first-order chi connectivity index (χ1) is 6.57. The van der Waals surface area contributed by atoms with Gasteiger partial charge in [-0.05, 0) is 19.3 Å². The first kappa shape index (κ1) is 12.6. The van der Waals surface area contributed by atoms with Crippen LogP contribution in [0.15, 0.2) is 11.6 Å². The van der Waals surface area contributed by atoms with Crippen molar-refractivity contribution in [1.82, 2.24) is 0 Å². The number of hydrogen-bond donors (Lipinski definition) is 2. The highest BCUT2D eigenvalue weighted by Gasteiger charge is 2.08. The summed E-state index contributed by atoms with van der Waals surface area (Å²) in [7, 11) is 1.56. The van der Waals surface area contributed by atoms with E-state index in [1.165, 1.54) is 0 Å². The van der Waals surface area contributed by atoms with E-state index < -0.39 is 11.9 Å². The summed E-state index contributed by atoms with van der Waals surface area (Å²) in [4.78, 5) is 20.8. The lowest BCUT2D eigenvalue weighted by atomic mass is 10.1. The summed E-state index contributed by atoms with van der Waals surface area (Å²) in [5.41, 5.74) is -0.0754. The molecular weight excluding hydrogens is 188 g/mol. The third-order valence-corrected chi connectivity index (χ3v) is 1.62. The Morgan fingerprint density at radius 2 is 1.93 bits per heavy atom. The van der Waals surface area contributed by atoms with E-state index in [0.717, 1.165) is 12.5 Å². The van der Waals surface area contributed by atoms with Gasteiger partial charge in [-0.1, -0.05) is 0 Å². The third kappa shape index (κ3) is 6.19. The summed E-state index contributed by atoms with van der Waals surface area (Å²) in [5, 5.41) is 17.0. The van der Waals surface area contributed by atoms with Crippen LogP contribution in [0.2, 0.25) is 0 Å². The minimum absolute atomic E-state index is 0.0754. The average molecular weight is 202 g/mol. The monoisotopic (exact) mass is 202 g/mol. The van der Waals surface area contributed by atoms with Crippen molar-refractivity contribution >= 4 is 11.9 Å². The fourth-order valence-corrected chi connectivity index (χ4v) is 0.952. The van der Waals surface area contributed by atoms with E-state index in [9.17, 15) is 9.59 Å². The maximum absolute atomic E-state index is 10.5. The maximum atomic E-state index is 10.5. The number of carboxylic acid groups (broad SMARTS) is 2. The lowest BCUT2D eigenvalue weighted by Crippen LogP contribution is -2.04. The molecule has 0 unspecified atom stereocenters. The highest BCUT2D eigenvalue weighted by atomic mass is 16.5. The predicted molar refractivity (Wildman–Crippen MR) is 49.1 cm³/mol. The van der Waals surface area contributed by atoms with Gasteiger partial charge in [0.2, 0.25) is 0 Å². The summed E-state index contributed by atoms with van der Waals surface area (Å²) in [6, 6.07) is 0. The van der Waals surface area contributed by atoms with Crippen LogP contribution in [0.25, 0.3) is 0 Å². The number of carboxylic acids is 2. The quantitative estimate of drug-likeness (QED) is 0.473. The minimum atomic E-state index is -1.23. The molecule has 0 aromatic carbocycles. The molecule has 5 nitrogen and oxygen atoms in total. The smallest absolute Gasteiger partial charge is 0.331 e. The summed E-state index contributed by atoms with van der Waals surface area (Å²) >= 11 is 0. The number of ether oxygens (including phenoxy) is 1. The number of rotatable bonds is 7. The van der Waals surface area contributed by atoms with Crippen molar-refractivity contribution in [2.24, 2.45) is 0 Å². The van der Waals surface area contributed by atoms with Gasteiger partial charge in [0.25, 0.3) is 0 Å². The second kappa shape index (κ2) is 7.08. The molecule has 5 heteroatoms. The SMILES string of the molecule is COCCCC/C(=C/C(=O)O)C(=O)O. The molecule has 0 rings (SSSR count). The van der Waals surface area contributed by atoms with Crippen molar-refractivity contribution < 1.29 is 24.5 Å². The molecule has 0 aromatic rings. The Kier molecular flexibility index (Phi) is 6.39. The van der Waals surface area contributed by atoms with Crippen molar-refractivity contribution in [3.63, 3.8) is 0 Å². The molecule has 0 heterocycles. The van der Waals surface area contributed by atoms with Gasteiger partial charge in [0.15, 0.2) is 0 Å².